The molecule has 1 N–H and O–H groups in total. The Labute approximate surface area is 232 Å². The molecule has 38 heavy (non-hydrogen) atoms. The van der Waals surface area contributed by atoms with Gasteiger partial charge in [-0.15, -0.1) is 0 Å². The molecule has 7 unspecified atom stereocenters. The molecule has 8 heteroatoms. The summed E-state index contributed by atoms with van der Waals surface area (Å²) in [4.78, 5) is 14.0. The molecule has 12 atom stereocenters. The third kappa shape index (κ3) is 3.25. The maximum Gasteiger partial charge on any atom is 0.315 e. The van der Waals surface area contributed by atoms with E-state index in [1.54, 1.807) is 7.11 Å². The van der Waals surface area contributed by atoms with Gasteiger partial charge in [0, 0.05) is 23.9 Å². The van der Waals surface area contributed by atoms with Gasteiger partial charge in [0.1, 0.15) is 5.41 Å². The van der Waals surface area contributed by atoms with Crippen LogP contribution in [-0.2, 0) is 28.5 Å². The first-order chi connectivity index (χ1) is 18.1. The first-order valence-corrected chi connectivity index (χ1v) is 15.2. The van der Waals surface area contributed by atoms with E-state index in [4.69, 9.17) is 36.3 Å². The van der Waals surface area contributed by atoms with Gasteiger partial charge in [0.05, 0.1) is 37.3 Å². The largest absolute Gasteiger partial charge is 0.481 e. The number of aliphatic carboxylic acids is 1. The molecule has 6 rings (SSSR count). The molecule has 0 spiro atoms. The van der Waals surface area contributed by atoms with Crippen molar-refractivity contribution >= 4 is 18.6 Å². The van der Waals surface area contributed by atoms with Gasteiger partial charge in [-0.2, -0.15) is 12.6 Å². The van der Waals surface area contributed by atoms with Crippen LogP contribution in [-0.4, -0.2) is 68.0 Å². The highest BCUT2D eigenvalue weighted by atomic mass is 32.1. The van der Waals surface area contributed by atoms with Crippen molar-refractivity contribution in [3.63, 3.8) is 0 Å². The summed E-state index contributed by atoms with van der Waals surface area (Å²) in [6.07, 6.45) is 4.91. The zero-order chi connectivity index (χ0) is 27.2. The van der Waals surface area contributed by atoms with Crippen molar-refractivity contribution in [3.05, 3.63) is 11.6 Å². The van der Waals surface area contributed by atoms with Gasteiger partial charge in [-0.3, -0.25) is 4.79 Å². The minimum absolute atomic E-state index is 0.0585. The van der Waals surface area contributed by atoms with E-state index in [9.17, 15) is 9.90 Å². The molecule has 0 radical (unpaired) electrons. The zero-order valence-corrected chi connectivity index (χ0v) is 24.6. The van der Waals surface area contributed by atoms with Crippen molar-refractivity contribution in [2.75, 3.05) is 26.9 Å². The molecule has 0 aromatic heterocycles. The van der Waals surface area contributed by atoms with Crippen LogP contribution >= 0.6 is 12.6 Å². The molecule has 2 aliphatic heterocycles. The van der Waals surface area contributed by atoms with Crippen molar-refractivity contribution in [2.24, 2.45) is 51.8 Å². The molecule has 0 aromatic rings. The standard InChI is InChI=1S/C30H46O7S/c1-15(2)22-11-19-12-29(27-34-9-10-35-27)21-8-7-16(3)20(21)13-28(19,30(22,29)26(31)32)14-36-25-24(38)17(4)23(33-6)18(5)37-25/h11,15-21,23-25,27,38H,7-10,12-14H2,1-6H3,(H,31,32)/t16?,17-,18-,19?,20?,21?,23+,24+,25-,28?,29?,30?/m1/s1. The monoisotopic (exact) mass is 550 g/mol. The van der Waals surface area contributed by atoms with Crippen LogP contribution in [0.3, 0.4) is 0 Å². The number of thiol groups is 1. The van der Waals surface area contributed by atoms with Crippen molar-refractivity contribution in [1.29, 1.82) is 0 Å². The lowest BCUT2D eigenvalue weighted by atomic mass is 9.42. The minimum atomic E-state index is -1.09. The van der Waals surface area contributed by atoms with Crippen LogP contribution in [0.25, 0.3) is 0 Å². The van der Waals surface area contributed by atoms with Gasteiger partial charge in [0.2, 0.25) is 0 Å². The second-order valence-electron chi connectivity index (χ2n) is 13.5. The number of hydrogen-bond acceptors (Lipinski definition) is 7. The predicted molar refractivity (Wildman–Crippen MR) is 145 cm³/mol. The predicted octanol–water partition coefficient (Wildman–Crippen LogP) is 4.80. The summed E-state index contributed by atoms with van der Waals surface area (Å²) < 4.78 is 31.4. The van der Waals surface area contributed by atoms with Crippen LogP contribution in [0.1, 0.15) is 60.3 Å². The highest BCUT2D eigenvalue weighted by Gasteiger charge is 2.86. The van der Waals surface area contributed by atoms with Crippen LogP contribution in [0, 0.1) is 51.8 Å². The van der Waals surface area contributed by atoms with E-state index in [2.05, 4.69) is 33.8 Å². The van der Waals surface area contributed by atoms with Gasteiger partial charge in [0.25, 0.3) is 0 Å². The normalized spacial score (nSPS) is 52.0. The minimum Gasteiger partial charge on any atom is -0.481 e. The lowest BCUT2D eigenvalue weighted by Crippen LogP contribution is -2.67. The van der Waals surface area contributed by atoms with Crippen molar-refractivity contribution in [1.82, 2.24) is 0 Å². The van der Waals surface area contributed by atoms with E-state index in [0.29, 0.717) is 31.7 Å². The van der Waals surface area contributed by atoms with Crippen molar-refractivity contribution in [3.8, 4) is 0 Å². The zero-order valence-electron chi connectivity index (χ0n) is 23.7. The number of methoxy groups -OCH3 is 1. The smallest absolute Gasteiger partial charge is 0.315 e. The lowest BCUT2D eigenvalue weighted by molar-refractivity contribution is -0.269. The van der Waals surface area contributed by atoms with E-state index in [-0.39, 0.29) is 41.1 Å². The Balaban J connectivity index is 1.45. The molecule has 2 heterocycles. The average Bonchev–Trinajstić information content (AvgIpc) is 3.63. The summed E-state index contributed by atoms with van der Waals surface area (Å²) in [5.41, 5.74) is -1.21. The van der Waals surface area contributed by atoms with Crippen LogP contribution in [0.5, 0.6) is 0 Å². The molecular formula is C30H46O7S. The number of hydrogen-bond donors (Lipinski definition) is 2. The summed E-state index contributed by atoms with van der Waals surface area (Å²) in [7, 11) is 1.71. The summed E-state index contributed by atoms with van der Waals surface area (Å²) in [5.74, 6) is 0.853. The average molecular weight is 551 g/mol. The number of rotatable bonds is 7. The molecule has 7 nitrogen and oxygen atoms in total. The first kappa shape index (κ1) is 27.5. The fourth-order valence-electron chi connectivity index (χ4n) is 10.5. The second-order valence-corrected chi connectivity index (χ2v) is 14.1. The van der Waals surface area contributed by atoms with Gasteiger partial charge in [-0.05, 0) is 55.8 Å². The van der Waals surface area contributed by atoms with Crippen LogP contribution in [0.4, 0.5) is 0 Å². The van der Waals surface area contributed by atoms with E-state index < -0.39 is 34.8 Å². The molecule has 3 saturated carbocycles. The summed E-state index contributed by atoms with van der Waals surface area (Å²) in [6.45, 7) is 12.2. The topological polar surface area (TPSA) is 83.5 Å². The van der Waals surface area contributed by atoms with Crippen LogP contribution < -0.4 is 0 Å². The van der Waals surface area contributed by atoms with Crippen LogP contribution in [0.15, 0.2) is 11.6 Å². The van der Waals surface area contributed by atoms with Crippen LogP contribution in [0.2, 0.25) is 0 Å². The first-order valence-electron chi connectivity index (χ1n) is 14.7. The Morgan fingerprint density at radius 3 is 2.53 bits per heavy atom. The molecule has 2 saturated heterocycles. The van der Waals surface area contributed by atoms with Gasteiger partial charge in [-0.25, -0.2) is 0 Å². The summed E-state index contributed by atoms with van der Waals surface area (Å²) in [5, 5.41) is 11.3. The number of carboxylic acids is 1. The number of carboxylic acid groups (broad SMARTS) is 1. The highest BCUT2D eigenvalue weighted by molar-refractivity contribution is 7.81. The number of carbonyl (C=O) groups is 1. The SMILES string of the molecule is CO[C@H]1[C@@H](C)[C@H](S)[C@H](OCC23CC4C(C)CCC4C4(C5OCCO5)CC2C=C(C(C)C)C34C(=O)O)O[C@@H]1C. The van der Waals surface area contributed by atoms with Gasteiger partial charge >= 0.3 is 5.97 Å². The molecule has 6 aliphatic rings. The van der Waals surface area contributed by atoms with E-state index in [0.717, 1.165) is 31.3 Å². The van der Waals surface area contributed by atoms with E-state index in [1.807, 2.05) is 6.92 Å². The van der Waals surface area contributed by atoms with E-state index in [1.165, 1.54) is 0 Å². The number of ether oxygens (including phenoxy) is 5. The lowest BCUT2D eigenvalue weighted by Gasteiger charge is -2.61. The second kappa shape index (κ2) is 9.45. The molecule has 214 valence electrons. The van der Waals surface area contributed by atoms with E-state index >= 15 is 0 Å². The fourth-order valence-corrected chi connectivity index (χ4v) is 10.9. The van der Waals surface area contributed by atoms with Gasteiger partial charge in [-0.1, -0.05) is 45.8 Å². The molecule has 4 aliphatic carbocycles. The van der Waals surface area contributed by atoms with Crippen molar-refractivity contribution < 1.29 is 33.6 Å². The Bertz CT molecular complexity index is 980. The Kier molecular flexibility index (Phi) is 6.85. The molecule has 4 bridgehead atoms. The maximum atomic E-state index is 14.0. The van der Waals surface area contributed by atoms with Gasteiger partial charge < -0.3 is 28.8 Å². The van der Waals surface area contributed by atoms with Gasteiger partial charge in [0.15, 0.2) is 12.6 Å². The molecule has 5 fully saturated rings. The fraction of sp³-hybridized carbons (Fsp3) is 0.900. The molecule has 0 amide bonds. The highest BCUT2D eigenvalue weighted by Crippen LogP contribution is 2.84. The van der Waals surface area contributed by atoms with Crippen molar-refractivity contribution in [2.45, 2.75) is 90.3 Å². The summed E-state index contributed by atoms with van der Waals surface area (Å²) >= 11 is 4.91. The third-order valence-electron chi connectivity index (χ3n) is 11.9. The summed E-state index contributed by atoms with van der Waals surface area (Å²) in [6, 6.07) is 0. The quantitative estimate of drug-likeness (QED) is 0.348. The molecule has 0 aromatic carbocycles. The Hall–Kier alpha value is -0.640. The maximum absolute atomic E-state index is 14.0. The Morgan fingerprint density at radius 2 is 1.89 bits per heavy atom. The third-order valence-corrected chi connectivity index (χ3v) is 12.6. The number of fused-ring (bicyclic) bond motifs is 2. The Morgan fingerprint density at radius 1 is 1.18 bits per heavy atom. The number of allylic oxidation sites excluding steroid dienone is 1. The molecular weight excluding hydrogens is 504 g/mol.